The third-order valence-corrected chi connectivity index (χ3v) is 3.76. The van der Waals surface area contributed by atoms with Crippen LogP contribution >= 0.6 is 0 Å². The maximum Gasteiger partial charge on any atom is 0.315 e. The maximum atomic E-state index is 11.9. The highest BCUT2D eigenvalue weighted by molar-refractivity contribution is 5.73. The summed E-state index contributed by atoms with van der Waals surface area (Å²) in [5.41, 5.74) is 2.68. The van der Waals surface area contributed by atoms with Gasteiger partial charge in [0.2, 0.25) is 0 Å². The molecule has 130 valence electrons. The van der Waals surface area contributed by atoms with E-state index in [0.29, 0.717) is 19.5 Å². The van der Waals surface area contributed by atoms with E-state index in [1.54, 1.807) is 0 Å². The minimum Gasteiger partial charge on any atom is -0.363 e. The number of pyridine rings is 2. The molecule has 0 aliphatic heterocycles. The summed E-state index contributed by atoms with van der Waals surface area (Å²) in [5, 5.41) is 5.67. The van der Waals surface area contributed by atoms with Gasteiger partial charge in [-0.15, -0.1) is 0 Å². The van der Waals surface area contributed by atoms with Crippen LogP contribution in [0.4, 0.5) is 10.6 Å². The molecule has 2 amide bonds. The van der Waals surface area contributed by atoms with Crippen molar-refractivity contribution in [2.24, 2.45) is 0 Å². The highest BCUT2D eigenvalue weighted by atomic mass is 16.2. The Kier molecular flexibility index (Phi) is 5.13. The molecule has 0 fully saturated rings. The number of fused-ring (bicyclic) bond motifs is 1. The van der Waals surface area contributed by atoms with Crippen molar-refractivity contribution >= 4 is 17.5 Å². The van der Waals surface area contributed by atoms with Crippen molar-refractivity contribution in [3.05, 3.63) is 60.2 Å². The van der Waals surface area contributed by atoms with Crippen LogP contribution in [0.2, 0.25) is 0 Å². The lowest BCUT2D eigenvalue weighted by Gasteiger charge is -2.12. The van der Waals surface area contributed by atoms with Gasteiger partial charge < -0.3 is 19.9 Å². The largest absolute Gasteiger partial charge is 0.363 e. The predicted octanol–water partition coefficient (Wildman–Crippen LogP) is 1.84. The Bertz CT molecular complexity index is 824. The molecule has 0 aromatic carbocycles. The SMILES string of the molecule is CN(C)c1cccc(CNC(=O)NCCc2cn3ccccc3n2)n1. The van der Waals surface area contributed by atoms with Crippen molar-refractivity contribution in [3.8, 4) is 0 Å². The number of imidazole rings is 1. The monoisotopic (exact) mass is 338 g/mol. The first-order chi connectivity index (χ1) is 12.1. The fourth-order valence-corrected chi connectivity index (χ4v) is 2.46. The van der Waals surface area contributed by atoms with Crippen LogP contribution in [0.3, 0.4) is 0 Å². The molecule has 3 rings (SSSR count). The first kappa shape index (κ1) is 16.8. The minimum absolute atomic E-state index is 0.208. The van der Waals surface area contributed by atoms with E-state index in [9.17, 15) is 4.79 Å². The number of hydrogen-bond acceptors (Lipinski definition) is 4. The van der Waals surface area contributed by atoms with Gasteiger partial charge in [0, 0.05) is 39.5 Å². The molecule has 0 aliphatic rings. The van der Waals surface area contributed by atoms with E-state index in [2.05, 4.69) is 20.6 Å². The van der Waals surface area contributed by atoms with E-state index in [-0.39, 0.29) is 6.03 Å². The van der Waals surface area contributed by atoms with Crippen molar-refractivity contribution < 1.29 is 4.79 Å². The van der Waals surface area contributed by atoms with Gasteiger partial charge in [-0.3, -0.25) is 0 Å². The van der Waals surface area contributed by atoms with Crippen molar-refractivity contribution in [1.82, 2.24) is 25.0 Å². The lowest BCUT2D eigenvalue weighted by Crippen LogP contribution is -2.36. The van der Waals surface area contributed by atoms with Crippen LogP contribution in [0.25, 0.3) is 5.65 Å². The fraction of sp³-hybridized carbons (Fsp3) is 0.278. The molecule has 25 heavy (non-hydrogen) atoms. The number of urea groups is 1. The summed E-state index contributed by atoms with van der Waals surface area (Å²) in [6.45, 7) is 0.919. The first-order valence-corrected chi connectivity index (χ1v) is 8.19. The third-order valence-electron chi connectivity index (χ3n) is 3.76. The molecule has 3 aromatic rings. The zero-order valence-electron chi connectivity index (χ0n) is 14.4. The maximum absolute atomic E-state index is 11.9. The molecule has 3 aromatic heterocycles. The molecule has 0 atom stereocenters. The number of carbonyl (C=O) groups is 1. The summed E-state index contributed by atoms with van der Waals surface area (Å²) >= 11 is 0. The predicted molar refractivity (Wildman–Crippen MR) is 97.7 cm³/mol. The van der Waals surface area contributed by atoms with Gasteiger partial charge in [-0.2, -0.15) is 0 Å². The molecule has 0 saturated heterocycles. The summed E-state index contributed by atoms with van der Waals surface area (Å²) in [4.78, 5) is 22.8. The van der Waals surface area contributed by atoms with E-state index in [1.165, 1.54) is 0 Å². The standard InChI is InChI=1S/C18H22N6O/c1-23(2)16-8-5-6-14(21-16)12-20-18(25)19-10-9-15-13-24-11-4-3-7-17(24)22-15/h3-8,11,13H,9-10,12H2,1-2H3,(H2,19,20,25). The number of nitrogens with one attached hydrogen (secondary N) is 2. The average molecular weight is 338 g/mol. The molecule has 0 saturated carbocycles. The molecular formula is C18H22N6O. The zero-order valence-corrected chi connectivity index (χ0v) is 14.4. The van der Waals surface area contributed by atoms with Crippen LogP contribution in [0.15, 0.2) is 48.8 Å². The van der Waals surface area contributed by atoms with E-state index in [4.69, 9.17) is 0 Å². The van der Waals surface area contributed by atoms with Gasteiger partial charge in [0.15, 0.2) is 0 Å². The number of aromatic nitrogens is 3. The fourth-order valence-electron chi connectivity index (χ4n) is 2.46. The van der Waals surface area contributed by atoms with Gasteiger partial charge >= 0.3 is 6.03 Å². The van der Waals surface area contributed by atoms with E-state index in [1.807, 2.05) is 72.2 Å². The first-order valence-electron chi connectivity index (χ1n) is 8.19. The summed E-state index contributed by atoms with van der Waals surface area (Å²) in [5.74, 6) is 0.867. The Balaban J connectivity index is 1.44. The highest BCUT2D eigenvalue weighted by Gasteiger charge is 2.05. The van der Waals surface area contributed by atoms with Crippen LogP contribution in [-0.4, -0.2) is 41.0 Å². The smallest absolute Gasteiger partial charge is 0.315 e. The quantitative estimate of drug-likeness (QED) is 0.719. The molecule has 0 aliphatic carbocycles. The Morgan fingerprint density at radius 3 is 2.76 bits per heavy atom. The number of amides is 2. The molecule has 2 N–H and O–H groups in total. The second-order valence-electron chi connectivity index (χ2n) is 5.94. The van der Waals surface area contributed by atoms with Gasteiger partial charge in [0.05, 0.1) is 17.9 Å². The van der Waals surface area contributed by atoms with Crippen molar-refractivity contribution in [2.75, 3.05) is 25.5 Å². The summed E-state index contributed by atoms with van der Waals surface area (Å²) < 4.78 is 1.97. The number of carbonyl (C=O) groups excluding carboxylic acids is 1. The number of rotatable bonds is 6. The number of nitrogens with zero attached hydrogens (tertiary/aromatic N) is 4. The van der Waals surface area contributed by atoms with E-state index in [0.717, 1.165) is 22.9 Å². The molecule has 0 radical (unpaired) electrons. The number of hydrogen-bond donors (Lipinski definition) is 2. The van der Waals surface area contributed by atoms with Gasteiger partial charge in [-0.25, -0.2) is 14.8 Å². The topological polar surface area (TPSA) is 74.6 Å². The molecule has 3 heterocycles. The Morgan fingerprint density at radius 2 is 1.96 bits per heavy atom. The van der Waals surface area contributed by atoms with Crippen LogP contribution in [0.1, 0.15) is 11.4 Å². The van der Waals surface area contributed by atoms with Crippen LogP contribution in [0.5, 0.6) is 0 Å². The third kappa shape index (κ3) is 4.47. The van der Waals surface area contributed by atoms with Gasteiger partial charge in [-0.05, 0) is 24.3 Å². The molecule has 0 bridgehead atoms. The molecule has 0 spiro atoms. The van der Waals surface area contributed by atoms with Gasteiger partial charge in [0.1, 0.15) is 11.5 Å². The lowest BCUT2D eigenvalue weighted by atomic mass is 10.3. The van der Waals surface area contributed by atoms with E-state index < -0.39 is 0 Å². The van der Waals surface area contributed by atoms with Crippen molar-refractivity contribution in [3.63, 3.8) is 0 Å². The summed E-state index contributed by atoms with van der Waals surface area (Å²) in [6.07, 6.45) is 4.62. The van der Waals surface area contributed by atoms with Crippen LogP contribution in [0, 0.1) is 0 Å². The van der Waals surface area contributed by atoms with Gasteiger partial charge in [0.25, 0.3) is 0 Å². The Morgan fingerprint density at radius 1 is 1.08 bits per heavy atom. The minimum atomic E-state index is -0.208. The van der Waals surface area contributed by atoms with Crippen LogP contribution < -0.4 is 15.5 Å². The molecule has 7 nitrogen and oxygen atoms in total. The molecular weight excluding hydrogens is 316 g/mol. The van der Waals surface area contributed by atoms with Crippen LogP contribution in [-0.2, 0) is 13.0 Å². The second-order valence-corrected chi connectivity index (χ2v) is 5.94. The van der Waals surface area contributed by atoms with Crippen molar-refractivity contribution in [2.45, 2.75) is 13.0 Å². The summed E-state index contributed by atoms with van der Waals surface area (Å²) in [7, 11) is 3.87. The summed E-state index contributed by atoms with van der Waals surface area (Å²) in [6, 6.07) is 11.4. The Labute approximate surface area is 146 Å². The zero-order chi connectivity index (χ0) is 17.6. The van der Waals surface area contributed by atoms with Gasteiger partial charge in [-0.1, -0.05) is 12.1 Å². The highest BCUT2D eigenvalue weighted by Crippen LogP contribution is 2.07. The second kappa shape index (κ2) is 7.65. The number of anilines is 1. The average Bonchev–Trinajstić information content (AvgIpc) is 3.03. The lowest BCUT2D eigenvalue weighted by molar-refractivity contribution is 0.240. The molecule has 7 heteroatoms. The Hall–Kier alpha value is -3.09. The van der Waals surface area contributed by atoms with E-state index >= 15 is 0 Å². The van der Waals surface area contributed by atoms with Crippen molar-refractivity contribution in [1.29, 1.82) is 0 Å². The normalized spacial score (nSPS) is 10.6. The molecule has 0 unspecified atom stereocenters.